The third kappa shape index (κ3) is 3.98. The second-order valence-electron chi connectivity index (χ2n) is 7.40. The highest BCUT2D eigenvalue weighted by Crippen LogP contribution is 2.28. The number of halogens is 1. The summed E-state index contributed by atoms with van der Waals surface area (Å²) in [5.41, 5.74) is 8.76. The van der Waals surface area contributed by atoms with Crippen molar-refractivity contribution in [2.24, 2.45) is 0 Å². The molecular formula is C19H25ClN8. The van der Waals surface area contributed by atoms with Crippen LogP contribution in [0.2, 0.25) is 5.02 Å². The van der Waals surface area contributed by atoms with Crippen molar-refractivity contribution in [1.29, 1.82) is 0 Å². The van der Waals surface area contributed by atoms with Gasteiger partial charge in [-0.3, -0.25) is 0 Å². The lowest BCUT2D eigenvalue weighted by Crippen LogP contribution is -2.38. The van der Waals surface area contributed by atoms with Crippen LogP contribution in [0.1, 0.15) is 32.7 Å². The summed E-state index contributed by atoms with van der Waals surface area (Å²) in [4.78, 5) is 14.0. The summed E-state index contributed by atoms with van der Waals surface area (Å²) >= 11 is 6.15. The van der Waals surface area contributed by atoms with Crippen LogP contribution in [-0.2, 0) is 0 Å². The second kappa shape index (κ2) is 7.81. The van der Waals surface area contributed by atoms with Crippen LogP contribution in [0.15, 0.2) is 24.5 Å². The second-order valence-corrected chi connectivity index (χ2v) is 7.84. The van der Waals surface area contributed by atoms with Gasteiger partial charge in [-0.15, -0.1) is 0 Å². The fourth-order valence-corrected chi connectivity index (χ4v) is 3.67. The predicted molar refractivity (Wildman–Crippen MR) is 114 cm³/mol. The summed E-state index contributed by atoms with van der Waals surface area (Å²) in [6.45, 7) is 6.16. The number of hydrogen-bond acceptors (Lipinski definition) is 7. The standard InChI is InChI=1S/C19H25ClN8/c1-11(2)28-10-23-16-17(24-15-7-12(20)6-13(21)8-15)26-19(27-18(16)28)25-14-4-3-5-22-9-14/h6-8,10-11,14,22H,3-5,9,21H2,1-2H3,(H2,24,25,26,27). The molecule has 28 heavy (non-hydrogen) atoms. The molecule has 5 N–H and O–H groups in total. The van der Waals surface area contributed by atoms with Gasteiger partial charge in [0.25, 0.3) is 0 Å². The van der Waals surface area contributed by atoms with Gasteiger partial charge in [-0.1, -0.05) is 11.6 Å². The van der Waals surface area contributed by atoms with Gasteiger partial charge >= 0.3 is 0 Å². The average Bonchev–Trinajstić information content (AvgIpc) is 3.06. The van der Waals surface area contributed by atoms with Crippen molar-refractivity contribution in [2.75, 3.05) is 29.5 Å². The first kappa shape index (κ1) is 18.8. The molecular weight excluding hydrogens is 376 g/mol. The molecule has 1 aliphatic heterocycles. The van der Waals surface area contributed by atoms with Crippen molar-refractivity contribution < 1.29 is 0 Å². The van der Waals surface area contributed by atoms with E-state index in [0.717, 1.165) is 37.3 Å². The van der Waals surface area contributed by atoms with Crippen molar-refractivity contribution in [3.8, 4) is 0 Å². The Balaban J connectivity index is 1.74. The first-order chi connectivity index (χ1) is 13.5. The van der Waals surface area contributed by atoms with Crippen LogP contribution < -0.4 is 21.7 Å². The Morgan fingerprint density at radius 3 is 2.86 bits per heavy atom. The Labute approximate surface area is 168 Å². The van der Waals surface area contributed by atoms with E-state index in [1.54, 1.807) is 12.4 Å². The topological polar surface area (TPSA) is 106 Å². The molecule has 0 spiro atoms. The number of aromatic nitrogens is 4. The minimum absolute atomic E-state index is 0.235. The highest BCUT2D eigenvalue weighted by atomic mass is 35.5. The molecule has 1 aromatic carbocycles. The zero-order chi connectivity index (χ0) is 19.7. The number of fused-ring (bicyclic) bond motifs is 1. The molecule has 1 aliphatic rings. The van der Waals surface area contributed by atoms with Crippen molar-refractivity contribution in [2.45, 2.75) is 38.8 Å². The number of nitrogen functional groups attached to an aromatic ring is 1. The Morgan fingerprint density at radius 1 is 1.29 bits per heavy atom. The molecule has 0 saturated carbocycles. The molecule has 3 heterocycles. The molecule has 1 unspecified atom stereocenters. The number of benzene rings is 1. The molecule has 1 saturated heterocycles. The third-order valence-electron chi connectivity index (χ3n) is 4.79. The van der Waals surface area contributed by atoms with E-state index in [-0.39, 0.29) is 6.04 Å². The number of nitrogens with zero attached hydrogens (tertiary/aromatic N) is 4. The zero-order valence-corrected chi connectivity index (χ0v) is 16.8. The van der Waals surface area contributed by atoms with E-state index in [4.69, 9.17) is 27.3 Å². The molecule has 0 aliphatic carbocycles. The van der Waals surface area contributed by atoms with E-state index in [2.05, 4.69) is 34.8 Å². The summed E-state index contributed by atoms with van der Waals surface area (Å²) in [5, 5.41) is 10.7. The molecule has 0 radical (unpaired) electrons. The fourth-order valence-electron chi connectivity index (χ4n) is 3.42. The number of nitrogens with one attached hydrogen (secondary N) is 3. The highest BCUT2D eigenvalue weighted by Gasteiger charge is 2.18. The number of anilines is 4. The monoisotopic (exact) mass is 400 g/mol. The first-order valence-corrected chi connectivity index (χ1v) is 9.92. The van der Waals surface area contributed by atoms with Gasteiger partial charge in [0.1, 0.15) is 0 Å². The van der Waals surface area contributed by atoms with Gasteiger partial charge < -0.3 is 26.3 Å². The van der Waals surface area contributed by atoms with Gasteiger partial charge in [0.05, 0.1) is 6.33 Å². The Bertz CT molecular complexity index is 957. The Hall–Kier alpha value is -2.58. The molecule has 4 rings (SSSR count). The van der Waals surface area contributed by atoms with E-state index < -0.39 is 0 Å². The van der Waals surface area contributed by atoms with Crippen LogP contribution in [0.25, 0.3) is 11.2 Å². The molecule has 1 atom stereocenters. The van der Waals surface area contributed by atoms with Crippen molar-refractivity contribution in [3.05, 3.63) is 29.5 Å². The largest absolute Gasteiger partial charge is 0.399 e. The smallest absolute Gasteiger partial charge is 0.227 e. The van der Waals surface area contributed by atoms with Crippen molar-refractivity contribution in [3.63, 3.8) is 0 Å². The molecule has 9 heteroatoms. The fraction of sp³-hybridized carbons (Fsp3) is 0.421. The predicted octanol–water partition coefficient (Wildman–Crippen LogP) is 3.55. The third-order valence-corrected chi connectivity index (χ3v) is 5.01. The number of rotatable bonds is 5. The molecule has 0 bridgehead atoms. The zero-order valence-electron chi connectivity index (χ0n) is 16.0. The minimum Gasteiger partial charge on any atom is -0.399 e. The van der Waals surface area contributed by atoms with Gasteiger partial charge in [0.15, 0.2) is 17.0 Å². The van der Waals surface area contributed by atoms with E-state index in [1.807, 2.05) is 16.7 Å². The number of nitrogens with two attached hydrogens (primary N) is 1. The molecule has 8 nitrogen and oxygen atoms in total. The van der Waals surface area contributed by atoms with Crippen LogP contribution in [0.3, 0.4) is 0 Å². The molecule has 0 amide bonds. The van der Waals surface area contributed by atoms with Gasteiger partial charge in [-0.2, -0.15) is 9.97 Å². The quantitative estimate of drug-likeness (QED) is 0.485. The van der Waals surface area contributed by atoms with Crippen LogP contribution >= 0.6 is 11.6 Å². The number of imidazole rings is 1. The van der Waals surface area contributed by atoms with E-state index in [0.29, 0.717) is 34.0 Å². The lowest BCUT2D eigenvalue weighted by Gasteiger charge is -2.24. The highest BCUT2D eigenvalue weighted by molar-refractivity contribution is 6.31. The van der Waals surface area contributed by atoms with Gasteiger partial charge in [-0.25, -0.2) is 4.98 Å². The summed E-state index contributed by atoms with van der Waals surface area (Å²) < 4.78 is 2.04. The van der Waals surface area contributed by atoms with Crippen molar-refractivity contribution in [1.82, 2.24) is 24.8 Å². The molecule has 3 aromatic rings. The molecule has 1 fully saturated rings. The van der Waals surface area contributed by atoms with Gasteiger partial charge in [0.2, 0.25) is 5.95 Å². The van der Waals surface area contributed by atoms with Gasteiger partial charge in [0, 0.05) is 35.0 Å². The maximum atomic E-state index is 6.15. The van der Waals surface area contributed by atoms with Crippen molar-refractivity contribution >= 4 is 45.9 Å². The van der Waals surface area contributed by atoms with E-state index in [9.17, 15) is 0 Å². The van der Waals surface area contributed by atoms with Crippen LogP contribution in [-0.4, -0.2) is 38.7 Å². The lowest BCUT2D eigenvalue weighted by molar-refractivity contribution is 0.478. The number of hydrogen-bond donors (Lipinski definition) is 4. The Kier molecular flexibility index (Phi) is 5.23. The lowest BCUT2D eigenvalue weighted by atomic mass is 10.1. The summed E-state index contributed by atoms with van der Waals surface area (Å²) in [7, 11) is 0. The summed E-state index contributed by atoms with van der Waals surface area (Å²) in [6.07, 6.45) is 4.02. The normalized spacial score (nSPS) is 17.2. The van der Waals surface area contributed by atoms with Crippen LogP contribution in [0, 0.1) is 0 Å². The maximum absolute atomic E-state index is 6.15. The SMILES string of the molecule is CC(C)n1cnc2c(Nc3cc(N)cc(Cl)c3)nc(NC3CCCNC3)nc21. The first-order valence-electron chi connectivity index (χ1n) is 9.54. The molecule has 2 aromatic heterocycles. The minimum atomic E-state index is 0.235. The van der Waals surface area contributed by atoms with Gasteiger partial charge in [-0.05, 0) is 51.4 Å². The summed E-state index contributed by atoms with van der Waals surface area (Å²) in [6, 6.07) is 5.87. The maximum Gasteiger partial charge on any atom is 0.227 e. The molecule has 148 valence electrons. The van der Waals surface area contributed by atoms with Crippen LogP contribution in [0.5, 0.6) is 0 Å². The Morgan fingerprint density at radius 2 is 2.14 bits per heavy atom. The number of piperidine rings is 1. The van der Waals surface area contributed by atoms with Crippen LogP contribution in [0.4, 0.5) is 23.1 Å². The average molecular weight is 401 g/mol. The summed E-state index contributed by atoms with van der Waals surface area (Å²) in [5.74, 6) is 1.21. The van der Waals surface area contributed by atoms with E-state index >= 15 is 0 Å². The van der Waals surface area contributed by atoms with E-state index in [1.165, 1.54) is 0 Å².